The minimum atomic E-state index is -0.526. The van der Waals surface area contributed by atoms with Gasteiger partial charge in [0.05, 0.1) is 0 Å². The Morgan fingerprint density at radius 3 is 1.63 bits per heavy atom. The molecule has 0 spiro atoms. The molecule has 0 saturated heterocycles. The minimum Gasteiger partial charge on any atom is -0.397 e. The zero-order valence-corrected chi connectivity index (χ0v) is 11.0. The molecular formula is C17H18O2. The maximum Gasteiger partial charge on any atom is 0.105 e. The van der Waals surface area contributed by atoms with E-state index < -0.39 is 6.10 Å². The van der Waals surface area contributed by atoms with E-state index in [1.807, 2.05) is 48.5 Å². The van der Waals surface area contributed by atoms with Crippen LogP contribution in [0.4, 0.5) is 0 Å². The van der Waals surface area contributed by atoms with Crippen molar-refractivity contribution in [3.05, 3.63) is 70.8 Å². The molecule has 0 aromatic heterocycles. The highest BCUT2D eigenvalue weighted by Crippen LogP contribution is 2.32. The fraction of sp³-hybridized carbons (Fsp3) is 0.176. The highest BCUT2D eigenvalue weighted by atomic mass is 16.3. The maximum absolute atomic E-state index is 10.4. The van der Waals surface area contributed by atoms with E-state index in [1.165, 1.54) is 0 Å². The van der Waals surface area contributed by atoms with Crippen molar-refractivity contribution in [3.63, 3.8) is 0 Å². The normalized spacial score (nSPS) is 12.8. The molecule has 98 valence electrons. The van der Waals surface area contributed by atoms with Crippen LogP contribution in [0.15, 0.2) is 48.5 Å². The average molecular weight is 254 g/mol. The van der Waals surface area contributed by atoms with E-state index in [-0.39, 0.29) is 6.61 Å². The van der Waals surface area contributed by atoms with E-state index in [4.69, 9.17) is 5.11 Å². The molecule has 1 aliphatic carbocycles. The topological polar surface area (TPSA) is 40.5 Å². The molecule has 0 saturated carbocycles. The zero-order chi connectivity index (χ0) is 13.7. The van der Waals surface area contributed by atoms with Crippen LogP contribution in [0.3, 0.4) is 0 Å². The zero-order valence-electron chi connectivity index (χ0n) is 11.0. The molecule has 2 N–H and O–H groups in total. The third-order valence-electron chi connectivity index (χ3n) is 3.02. The quantitative estimate of drug-likeness (QED) is 0.757. The summed E-state index contributed by atoms with van der Waals surface area (Å²) in [6.45, 7) is 1.93. The highest BCUT2D eigenvalue weighted by molar-refractivity contribution is 5.75. The summed E-state index contributed by atoms with van der Waals surface area (Å²) in [6, 6.07) is 15.9. The van der Waals surface area contributed by atoms with Gasteiger partial charge in [-0.3, -0.25) is 0 Å². The number of hydrogen-bond donors (Lipinski definition) is 2. The molecule has 2 heteroatoms. The molecule has 19 heavy (non-hydrogen) atoms. The predicted molar refractivity (Wildman–Crippen MR) is 78.6 cm³/mol. The van der Waals surface area contributed by atoms with Gasteiger partial charge in [-0.15, -0.1) is 0 Å². The number of rotatable bonds is 0. The minimum absolute atomic E-state index is 0.250. The van der Waals surface area contributed by atoms with Gasteiger partial charge >= 0.3 is 0 Å². The Hall–Kier alpha value is -1.90. The van der Waals surface area contributed by atoms with Gasteiger partial charge in [-0.05, 0) is 29.2 Å². The lowest BCUT2D eigenvalue weighted by atomic mass is 9.97. The average Bonchev–Trinajstić information content (AvgIpc) is 2.59. The van der Waals surface area contributed by atoms with Crippen molar-refractivity contribution < 1.29 is 10.2 Å². The molecular weight excluding hydrogens is 236 g/mol. The Labute approximate surface area is 113 Å². The first-order valence-electron chi connectivity index (χ1n) is 6.42. The predicted octanol–water partition coefficient (Wildman–Crippen LogP) is 3.25. The van der Waals surface area contributed by atoms with Crippen molar-refractivity contribution in [2.24, 2.45) is 0 Å². The van der Waals surface area contributed by atoms with Crippen molar-refractivity contribution in [2.75, 3.05) is 6.61 Å². The van der Waals surface area contributed by atoms with E-state index in [0.29, 0.717) is 0 Å². The highest BCUT2D eigenvalue weighted by Gasteiger charge is 2.17. The molecule has 3 rings (SSSR count). The molecule has 2 nitrogen and oxygen atoms in total. The smallest absolute Gasteiger partial charge is 0.105 e. The van der Waals surface area contributed by atoms with Crippen LogP contribution in [-0.4, -0.2) is 16.8 Å². The van der Waals surface area contributed by atoms with E-state index >= 15 is 0 Å². The Morgan fingerprint density at radius 1 is 0.842 bits per heavy atom. The van der Waals surface area contributed by atoms with Crippen molar-refractivity contribution in [1.29, 1.82) is 0 Å². The van der Waals surface area contributed by atoms with Crippen molar-refractivity contribution >= 4 is 12.2 Å². The van der Waals surface area contributed by atoms with Crippen LogP contribution >= 0.6 is 0 Å². The molecule has 0 unspecified atom stereocenters. The number of fused-ring (bicyclic) bond motifs is 2. The molecule has 0 fully saturated rings. The Bertz CT molecular complexity index is 523. The Balaban J connectivity index is 0.000000408. The summed E-state index contributed by atoms with van der Waals surface area (Å²) < 4.78 is 0. The lowest BCUT2D eigenvalue weighted by Crippen LogP contribution is -2.01. The third-order valence-corrected chi connectivity index (χ3v) is 3.02. The lowest BCUT2D eigenvalue weighted by molar-refractivity contribution is 0.220. The molecule has 2 aromatic rings. The Morgan fingerprint density at radius 2 is 1.21 bits per heavy atom. The van der Waals surface area contributed by atoms with Gasteiger partial charge in [0.25, 0.3) is 0 Å². The fourth-order valence-electron chi connectivity index (χ4n) is 2.17. The number of aliphatic hydroxyl groups excluding tert-OH is 2. The summed E-state index contributed by atoms with van der Waals surface area (Å²) in [4.78, 5) is 0. The van der Waals surface area contributed by atoms with Crippen LogP contribution < -0.4 is 0 Å². The second kappa shape index (κ2) is 6.32. The van der Waals surface area contributed by atoms with Gasteiger partial charge in [0.2, 0.25) is 0 Å². The van der Waals surface area contributed by atoms with Gasteiger partial charge in [-0.25, -0.2) is 0 Å². The third kappa shape index (κ3) is 2.92. The molecule has 0 atom stereocenters. The molecule has 2 aromatic carbocycles. The number of hydrogen-bond acceptors (Lipinski definition) is 2. The molecule has 1 aliphatic rings. The van der Waals surface area contributed by atoms with E-state index in [1.54, 1.807) is 6.92 Å². The van der Waals surface area contributed by atoms with Crippen LogP contribution in [-0.2, 0) is 0 Å². The second-order valence-corrected chi connectivity index (χ2v) is 4.31. The second-order valence-electron chi connectivity index (χ2n) is 4.31. The van der Waals surface area contributed by atoms with Gasteiger partial charge in [0.1, 0.15) is 6.10 Å². The first kappa shape index (κ1) is 13.5. The summed E-state index contributed by atoms with van der Waals surface area (Å²) in [7, 11) is 0. The van der Waals surface area contributed by atoms with Gasteiger partial charge in [-0.2, -0.15) is 0 Å². The summed E-state index contributed by atoms with van der Waals surface area (Å²) >= 11 is 0. The summed E-state index contributed by atoms with van der Waals surface area (Å²) in [5.41, 5.74) is 4.13. The fourth-order valence-corrected chi connectivity index (χ4v) is 2.17. The van der Waals surface area contributed by atoms with Crippen LogP contribution in [0.25, 0.3) is 12.2 Å². The van der Waals surface area contributed by atoms with E-state index in [2.05, 4.69) is 12.2 Å². The van der Waals surface area contributed by atoms with Gasteiger partial charge < -0.3 is 10.2 Å². The van der Waals surface area contributed by atoms with Gasteiger partial charge in [0.15, 0.2) is 0 Å². The summed E-state index contributed by atoms with van der Waals surface area (Å²) in [5.74, 6) is 0. The maximum atomic E-state index is 10.4. The standard InChI is InChI=1S/C15H12O.C2H6O/c16-15-13-7-3-1-5-11(13)9-10-12-6-2-4-8-14(12)15;1-2-3/h1-10,15-16H;3H,2H2,1H3. The molecule has 0 heterocycles. The largest absolute Gasteiger partial charge is 0.397 e. The van der Waals surface area contributed by atoms with Crippen LogP contribution in [0, 0.1) is 0 Å². The van der Waals surface area contributed by atoms with Crippen molar-refractivity contribution in [1.82, 2.24) is 0 Å². The molecule has 0 radical (unpaired) electrons. The SMILES string of the molecule is CCO.OC1c2ccccc2C=Cc2ccccc21. The molecule has 0 aliphatic heterocycles. The molecule has 0 amide bonds. The first-order chi connectivity index (χ1) is 9.27. The van der Waals surface area contributed by atoms with E-state index in [0.717, 1.165) is 22.3 Å². The summed E-state index contributed by atoms with van der Waals surface area (Å²) in [6.07, 6.45) is 3.59. The number of aliphatic hydroxyl groups is 2. The monoisotopic (exact) mass is 254 g/mol. The lowest BCUT2D eigenvalue weighted by Gasteiger charge is -2.13. The van der Waals surface area contributed by atoms with Gasteiger partial charge in [0, 0.05) is 6.61 Å². The number of benzene rings is 2. The van der Waals surface area contributed by atoms with Crippen molar-refractivity contribution in [3.8, 4) is 0 Å². The molecule has 0 bridgehead atoms. The van der Waals surface area contributed by atoms with E-state index in [9.17, 15) is 5.11 Å². The van der Waals surface area contributed by atoms with Gasteiger partial charge in [-0.1, -0.05) is 60.7 Å². The van der Waals surface area contributed by atoms with Crippen LogP contribution in [0.2, 0.25) is 0 Å². The Kier molecular flexibility index (Phi) is 4.50. The van der Waals surface area contributed by atoms with Crippen LogP contribution in [0.1, 0.15) is 35.3 Å². The van der Waals surface area contributed by atoms with Crippen molar-refractivity contribution in [2.45, 2.75) is 13.0 Å². The van der Waals surface area contributed by atoms with Crippen LogP contribution in [0.5, 0.6) is 0 Å². The first-order valence-corrected chi connectivity index (χ1v) is 6.42. The summed E-state index contributed by atoms with van der Waals surface area (Å²) in [5, 5.41) is 17.9.